The number of thiophene rings is 2. The Hall–Kier alpha value is -0.560. The van der Waals surface area contributed by atoms with Gasteiger partial charge in [0.1, 0.15) is 0 Å². The summed E-state index contributed by atoms with van der Waals surface area (Å²) in [5.41, 5.74) is 4.67. The molecule has 3 heterocycles. The third-order valence-electron chi connectivity index (χ3n) is 7.22. The van der Waals surface area contributed by atoms with Gasteiger partial charge in [-0.25, -0.2) is 9.97 Å². The van der Waals surface area contributed by atoms with E-state index in [4.69, 9.17) is 9.97 Å². The molecule has 0 N–H and O–H groups in total. The maximum atomic E-state index is 5.45. The SMILES string of the molecule is CCCCC(CC)Cc1nc2c3cc(Br)sc3c3sc(Br)cc3c2nc1CC(CC)CCCC. The topological polar surface area (TPSA) is 25.8 Å². The first-order chi connectivity index (χ1) is 16.5. The number of hydrogen-bond donors (Lipinski definition) is 0. The van der Waals surface area contributed by atoms with Crippen LogP contribution in [0.4, 0.5) is 0 Å². The molecule has 0 aliphatic rings. The highest BCUT2D eigenvalue weighted by Crippen LogP contribution is 2.45. The second-order valence-corrected chi connectivity index (χ2v) is 14.5. The Kier molecular flexibility index (Phi) is 9.45. The van der Waals surface area contributed by atoms with Crippen LogP contribution in [0.15, 0.2) is 19.7 Å². The van der Waals surface area contributed by atoms with Crippen LogP contribution in [-0.4, -0.2) is 9.97 Å². The Morgan fingerprint density at radius 2 is 1.12 bits per heavy atom. The molecule has 0 bridgehead atoms. The van der Waals surface area contributed by atoms with Gasteiger partial charge >= 0.3 is 0 Å². The fraction of sp³-hybridized carbons (Fsp3) is 0.571. The maximum Gasteiger partial charge on any atom is 0.0984 e. The minimum absolute atomic E-state index is 0.685. The highest BCUT2D eigenvalue weighted by Gasteiger charge is 2.22. The summed E-state index contributed by atoms with van der Waals surface area (Å²) < 4.78 is 4.97. The van der Waals surface area contributed by atoms with E-state index in [9.17, 15) is 0 Å². The maximum absolute atomic E-state index is 5.45. The molecule has 0 saturated heterocycles. The van der Waals surface area contributed by atoms with Crippen molar-refractivity contribution < 1.29 is 0 Å². The predicted molar refractivity (Wildman–Crippen MR) is 160 cm³/mol. The van der Waals surface area contributed by atoms with Crippen molar-refractivity contribution in [2.24, 2.45) is 11.8 Å². The molecule has 4 aromatic rings. The summed E-state index contributed by atoms with van der Waals surface area (Å²) in [5, 5.41) is 2.49. The largest absolute Gasteiger partial charge is 0.249 e. The number of aromatic nitrogens is 2. The van der Waals surface area contributed by atoms with Crippen LogP contribution in [0.2, 0.25) is 0 Å². The molecule has 4 rings (SSSR count). The molecule has 0 fully saturated rings. The molecule has 3 aromatic heterocycles. The molecule has 184 valence electrons. The lowest BCUT2D eigenvalue weighted by Crippen LogP contribution is -2.13. The molecular formula is C28H36Br2N2S2. The van der Waals surface area contributed by atoms with Crippen molar-refractivity contribution in [3.8, 4) is 0 Å². The van der Waals surface area contributed by atoms with Crippen molar-refractivity contribution in [2.45, 2.75) is 91.9 Å². The van der Waals surface area contributed by atoms with Crippen molar-refractivity contribution in [3.63, 3.8) is 0 Å². The summed E-state index contributed by atoms with van der Waals surface area (Å²) in [5.74, 6) is 1.37. The van der Waals surface area contributed by atoms with E-state index in [1.54, 1.807) is 0 Å². The van der Waals surface area contributed by atoms with Crippen molar-refractivity contribution >= 4 is 85.7 Å². The third kappa shape index (κ3) is 5.71. The second-order valence-electron chi connectivity index (χ2n) is 9.64. The predicted octanol–water partition coefficient (Wildman–Crippen LogP) is 11.1. The summed E-state index contributed by atoms with van der Waals surface area (Å²) in [6, 6.07) is 4.50. The zero-order chi connectivity index (χ0) is 24.2. The summed E-state index contributed by atoms with van der Waals surface area (Å²) in [4.78, 5) is 10.9. The monoisotopic (exact) mass is 622 g/mol. The number of unbranched alkanes of at least 4 members (excludes halogenated alkanes) is 2. The normalized spacial score (nSPS) is 13.9. The van der Waals surface area contributed by atoms with Crippen molar-refractivity contribution in [3.05, 3.63) is 31.1 Å². The van der Waals surface area contributed by atoms with E-state index < -0.39 is 0 Å². The summed E-state index contributed by atoms with van der Waals surface area (Å²) in [6.07, 6.45) is 12.2. The van der Waals surface area contributed by atoms with Crippen LogP contribution in [0.1, 0.15) is 90.4 Å². The first-order valence-electron chi connectivity index (χ1n) is 13.0. The lowest BCUT2D eigenvalue weighted by molar-refractivity contribution is 0.427. The number of hydrogen-bond acceptors (Lipinski definition) is 4. The zero-order valence-corrected chi connectivity index (χ0v) is 25.7. The number of halogens is 2. The Bertz CT molecular complexity index is 1160. The lowest BCUT2D eigenvalue weighted by atomic mass is 9.89. The van der Waals surface area contributed by atoms with E-state index in [-0.39, 0.29) is 0 Å². The highest BCUT2D eigenvalue weighted by molar-refractivity contribution is 9.11. The van der Waals surface area contributed by atoms with E-state index in [2.05, 4.69) is 71.7 Å². The molecule has 0 spiro atoms. The Morgan fingerprint density at radius 1 is 0.706 bits per heavy atom. The van der Waals surface area contributed by atoms with Gasteiger partial charge in [0.2, 0.25) is 0 Å². The van der Waals surface area contributed by atoms with Crippen LogP contribution < -0.4 is 0 Å². The average molecular weight is 625 g/mol. The first kappa shape index (κ1) is 26.5. The summed E-state index contributed by atoms with van der Waals surface area (Å²) >= 11 is 11.1. The van der Waals surface area contributed by atoms with Crippen LogP contribution in [0.3, 0.4) is 0 Å². The van der Waals surface area contributed by atoms with E-state index in [0.717, 1.165) is 31.4 Å². The van der Waals surface area contributed by atoms with Gasteiger partial charge in [-0.05, 0) is 68.7 Å². The molecule has 34 heavy (non-hydrogen) atoms. The second kappa shape index (κ2) is 12.1. The molecule has 1 aromatic carbocycles. The number of fused-ring (bicyclic) bond motifs is 6. The van der Waals surface area contributed by atoms with Gasteiger partial charge in [-0.3, -0.25) is 0 Å². The zero-order valence-electron chi connectivity index (χ0n) is 20.8. The Labute approximate surface area is 229 Å². The number of benzene rings is 1. The van der Waals surface area contributed by atoms with Crippen LogP contribution in [-0.2, 0) is 12.8 Å². The van der Waals surface area contributed by atoms with E-state index >= 15 is 0 Å². The number of rotatable bonds is 12. The lowest BCUT2D eigenvalue weighted by Gasteiger charge is -2.20. The molecule has 0 radical (unpaired) electrons. The van der Waals surface area contributed by atoms with Gasteiger partial charge in [-0.15, -0.1) is 22.7 Å². The number of nitrogens with zero attached hydrogens (tertiary/aromatic N) is 2. The molecule has 6 heteroatoms. The van der Waals surface area contributed by atoms with Gasteiger partial charge in [-0.1, -0.05) is 79.1 Å². The van der Waals surface area contributed by atoms with E-state index in [0.29, 0.717) is 11.8 Å². The molecule has 0 aliphatic heterocycles. The fourth-order valence-electron chi connectivity index (χ4n) is 5.05. The van der Waals surface area contributed by atoms with E-state index in [1.807, 2.05) is 22.7 Å². The molecule has 2 unspecified atom stereocenters. The quantitative estimate of drug-likeness (QED) is 0.157. The minimum atomic E-state index is 0.685. The Morgan fingerprint density at radius 3 is 1.47 bits per heavy atom. The molecule has 0 amide bonds. The Balaban J connectivity index is 1.90. The van der Waals surface area contributed by atoms with Crippen molar-refractivity contribution in [2.75, 3.05) is 0 Å². The third-order valence-corrected chi connectivity index (χ3v) is 10.7. The molecular weight excluding hydrogens is 588 g/mol. The van der Waals surface area contributed by atoms with Gasteiger partial charge in [0.25, 0.3) is 0 Å². The van der Waals surface area contributed by atoms with Crippen LogP contribution in [0.5, 0.6) is 0 Å². The van der Waals surface area contributed by atoms with Gasteiger partial charge in [0.15, 0.2) is 0 Å². The summed E-state index contributed by atoms with van der Waals surface area (Å²) in [6.45, 7) is 9.27. The van der Waals surface area contributed by atoms with Gasteiger partial charge < -0.3 is 0 Å². The standard InChI is InChI=1S/C28H36Br2N2S2/c1-5-9-11-17(7-3)13-21-22(14-18(8-4)12-10-6-2)32-26-20-16-24(30)34-28(20)27-19(25(26)31-21)15-23(29)33-27/h15-18H,5-14H2,1-4H3. The minimum Gasteiger partial charge on any atom is -0.249 e. The molecule has 2 atom stereocenters. The van der Waals surface area contributed by atoms with Crippen LogP contribution in [0, 0.1) is 11.8 Å². The molecule has 0 saturated carbocycles. The molecule has 2 nitrogen and oxygen atoms in total. The smallest absolute Gasteiger partial charge is 0.0984 e. The van der Waals surface area contributed by atoms with Gasteiger partial charge in [0, 0.05) is 10.8 Å². The van der Waals surface area contributed by atoms with Gasteiger partial charge in [-0.2, -0.15) is 0 Å². The van der Waals surface area contributed by atoms with Gasteiger partial charge in [0.05, 0.1) is 39.4 Å². The van der Waals surface area contributed by atoms with Crippen molar-refractivity contribution in [1.29, 1.82) is 0 Å². The van der Waals surface area contributed by atoms with E-state index in [1.165, 1.54) is 82.9 Å². The van der Waals surface area contributed by atoms with Crippen molar-refractivity contribution in [1.82, 2.24) is 9.97 Å². The molecule has 0 aliphatic carbocycles. The first-order valence-corrected chi connectivity index (χ1v) is 16.2. The van der Waals surface area contributed by atoms with Crippen LogP contribution in [0.25, 0.3) is 31.2 Å². The fourth-order valence-corrected chi connectivity index (χ4v) is 8.41. The average Bonchev–Trinajstić information content (AvgIpc) is 3.41. The highest BCUT2D eigenvalue weighted by atomic mass is 79.9. The summed E-state index contributed by atoms with van der Waals surface area (Å²) in [7, 11) is 0. The van der Waals surface area contributed by atoms with Crippen LogP contribution >= 0.6 is 54.5 Å².